The predicted octanol–water partition coefficient (Wildman–Crippen LogP) is 1.72. The first-order chi connectivity index (χ1) is 5.79. The molecule has 0 fully saturated rings. The first-order valence-corrected chi connectivity index (χ1v) is 3.92. The van der Waals surface area contributed by atoms with Gasteiger partial charge in [-0.05, 0) is 0 Å². The Bertz CT molecular complexity index is 221. The molecule has 0 spiro atoms. The predicted molar refractivity (Wildman–Crippen MR) is 51.2 cm³/mol. The topological polar surface area (TPSA) is 37.3 Å². The van der Waals surface area contributed by atoms with Crippen LogP contribution in [0.5, 0.6) is 0 Å². The average molecular weight is 163 g/mol. The molecule has 0 aromatic heterocycles. The summed E-state index contributed by atoms with van der Waals surface area (Å²) in [4.78, 5) is 10.1. The van der Waals surface area contributed by atoms with Crippen LogP contribution in [0.1, 0.15) is 13.8 Å². The van der Waals surface area contributed by atoms with Gasteiger partial charge >= 0.3 is 0 Å². The van der Waals surface area contributed by atoms with E-state index < -0.39 is 5.87 Å². The molecule has 0 unspecified atom stereocenters. The van der Waals surface area contributed by atoms with Crippen molar-refractivity contribution in [2.45, 2.75) is 13.8 Å². The Balaban J connectivity index is 0.000000561. The normalized spacial score (nSPS) is 7.83. The summed E-state index contributed by atoms with van der Waals surface area (Å²) in [6.07, 6.45) is 0. The highest BCUT2D eigenvalue weighted by Crippen LogP contribution is 1.80. The van der Waals surface area contributed by atoms with Crippen molar-refractivity contribution in [2.75, 3.05) is 0 Å². The zero-order valence-corrected chi connectivity index (χ0v) is 7.32. The summed E-state index contributed by atoms with van der Waals surface area (Å²) in [7, 11) is 1.17. The Morgan fingerprint density at radius 3 is 2.17 bits per heavy atom. The zero-order valence-electron chi connectivity index (χ0n) is 7.32. The van der Waals surface area contributed by atoms with Crippen LogP contribution in [-0.4, -0.2) is 18.3 Å². The molecule has 12 heavy (non-hydrogen) atoms. The van der Waals surface area contributed by atoms with E-state index in [0.29, 0.717) is 0 Å². The fourth-order valence-electron chi connectivity index (χ4n) is 0.692. The second-order valence-corrected chi connectivity index (χ2v) is 1.89. The first-order valence-electron chi connectivity index (χ1n) is 3.92. The van der Waals surface area contributed by atoms with Crippen LogP contribution in [0.4, 0.5) is 4.79 Å². The molecule has 0 amide bonds. The molecular weight excluding hydrogens is 151 g/mol. The Labute approximate surface area is 73.5 Å². The van der Waals surface area contributed by atoms with Crippen molar-refractivity contribution >= 4 is 18.6 Å². The molecular formula is C9H12BO2. The number of rotatable bonds is 2. The van der Waals surface area contributed by atoms with Crippen LogP contribution in [0, 0.1) is 0 Å². The Morgan fingerprint density at radius 1 is 1.25 bits per heavy atom. The summed E-state index contributed by atoms with van der Waals surface area (Å²) in [6.45, 7) is 4.00. The van der Waals surface area contributed by atoms with Crippen LogP contribution in [0.2, 0.25) is 0 Å². The molecule has 1 radical (unpaired) electrons. The second-order valence-electron chi connectivity index (χ2n) is 1.89. The van der Waals surface area contributed by atoms with Crippen molar-refractivity contribution in [2.24, 2.45) is 0 Å². The van der Waals surface area contributed by atoms with Gasteiger partial charge in [-0.15, -0.1) is 0 Å². The van der Waals surface area contributed by atoms with E-state index in [1.807, 2.05) is 19.9 Å². The highest BCUT2D eigenvalue weighted by Gasteiger charge is 2.00. The lowest BCUT2D eigenvalue weighted by molar-refractivity contribution is 0.220. The zero-order chi connectivity index (χ0) is 9.40. The van der Waals surface area contributed by atoms with Crippen molar-refractivity contribution in [1.29, 1.82) is 0 Å². The Kier molecular flexibility index (Phi) is 5.79. The summed E-state index contributed by atoms with van der Waals surface area (Å²) in [5.41, 5.74) is 0.718. The van der Waals surface area contributed by atoms with Crippen LogP contribution in [-0.2, 0) is 0 Å². The monoisotopic (exact) mass is 163 g/mol. The minimum atomic E-state index is -0.911. The molecule has 0 aliphatic rings. The third kappa shape index (κ3) is 4.55. The van der Waals surface area contributed by atoms with Gasteiger partial charge in [0.25, 0.3) is 7.28 Å². The van der Waals surface area contributed by atoms with E-state index in [-0.39, 0.29) is 0 Å². The molecule has 0 saturated heterocycles. The van der Waals surface area contributed by atoms with E-state index in [1.165, 1.54) is 7.28 Å². The molecule has 3 heteroatoms. The number of carbonyl (C=O) groups is 1. The maximum absolute atomic E-state index is 10.1. The van der Waals surface area contributed by atoms with Gasteiger partial charge in [0.1, 0.15) is 0 Å². The largest absolute Gasteiger partial charge is 0.489 e. The highest BCUT2D eigenvalue weighted by molar-refractivity contribution is 6.82. The fourth-order valence-corrected chi connectivity index (χ4v) is 0.692. The molecule has 1 rings (SSSR count). The SMILES string of the molecule is CC.O=C(O)[B]c1ccccc1. The average Bonchev–Trinajstić information content (AvgIpc) is 2.08. The third-order valence-electron chi connectivity index (χ3n) is 1.09. The lowest BCUT2D eigenvalue weighted by Gasteiger charge is -1.90. The first kappa shape index (κ1) is 10.8. The van der Waals surface area contributed by atoms with Crippen LogP contribution < -0.4 is 5.46 Å². The Morgan fingerprint density at radius 2 is 1.75 bits per heavy atom. The minimum Gasteiger partial charge on any atom is -0.489 e. The van der Waals surface area contributed by atoms with Crippen LogP contribution >= 0.6 is 0 Å². The molecule has 0 aliphatic heterocycles. The van der Waals surface area contributed by atoms with E-state index in [1.54, 1.807) is 24.3 Å². The van der Waals surface area contributed by atoms with Gasteiger partial charge in [-0.3, -0.25) is 4.79 Å². The number of benzene rings is 1. The molecule has 63 valence electrons. The van der Waals surface area contributed by atoms with Crippen molar-refractivity contribution in [3.63, 3.8) is 0 Å². The van der Waals surface area contributed by atoms with Crippen molar-refractivity contribution in [3.05, 3.63) is 30.3 Å². The van der Waals surface area contributed by atoms with Crippen LogP contribution in [0.15, 0.2) is 30.3 Å². The third-order valence-corrected chi connectivity index (χ3v) is 1.09. The highest BCUT2D eigenvalue weighted by atomic mass is 16.4. The van der Waals surface area contributed by atoms with E-state index >= 15 is 0 Å². The Hall–Kier alpha value is -1.25. The van der Waals surface area contributed by atoms with Gasteiger partial charge in [0.05, 0.1) is 0 Å². The van der Waals surface area contributed by atoms with Gasteiger partial charge < -0.3 is 5.11 Å². The molecule has 0 saturated carbocycles. The summed E-state index contributed by atoms with van der Waals surface area (Å²) >= 11 is 0. The maximum Gasteiger partial charge on any atom is 0.299 e. The van der Waals surface area contributed by atoms with Gasteiger partial charge in [0.15, 0.2) is 0 Å². The van der Waals surface area contributed by atoms with E-state index in [2.05, 4.69) is 0 Å². The molecule has 2 nitrogen and oxygen atoms in total. The molecule has 1 aromatic carbocycles. The van der Waals surface area contributed by atoms with E-state index in [0.717, 1.165) is 5.46 Å². The smallest absolute Gasteiger partial charge is 0.299 e. The summed E-state index contributed by atoms with van der Waals surface area (Å²) in [5.74, 6) is -0.911. The quantitative estimate of drug-likeness (QED) is 0.674. The van der Waals surface area contributed by atoms with Gasteiger partial charge in [-0.1, -0.05) is 49.6 Å². The fraction of sp³-hybridized carbons (Fsp3) is 0.222. The van der Waals surface area contributed by atoms with Crippen molar-refractivity contribution in [1.82, 2.24) is 0 Å². The van der Waals surface area contributed by atoms with Crippen LogP contribution in [0.25, 0.3) is 0 Å². The molecule has 0 bridgehead atoms. The number of hydrogen-bond donors (Lipinski definition) is 1. The number of carboxylic acid groups (broad SMARTS) is 1. The van der Waals surface area contributed by atoms with Gasteiger partial charge in [0, 0.05) is 0 Å². The molecule has 0 atom stereocenters. The summed E-state index contributed by atoms with van der Waals surface area (Å²) in [6, 6.07) is 8.94. The van der Waals surface area contributed by atoms with Crippen molar-refractivity contribution in [3.8, 4) is 0 Å². The van der Waals surface area contributed by atoms with Gasteiger partial charge in [0.2, 0.25) is 5.87 Å². The summed E-state index contributed by atoms with van der Waals surface area (Å²) < 4.78 is 0. The standard InChI is InChI=1S/C7H6BO2.C2H6/c9-7(10)8-6-4-2-1-3-5-6;1-2/h1-5H,(H,9,10);1-2H3. The lowest BCUT2D eigenvalue weighted by Crippen LogP contribution is -2.21. The molecule has 0 aliphatic carbocycles. The second kappa shape index (κ2) is 6.46. The van der Waals surface area contributed by atoms with Crippen LogP contribution in [0.3, 0.4) is 0 Å². The van der Waals surface area contributed by atoms with Crippen molar-refractivity contribution < 1.29 is 9.90 Å². The minimum absolute atomic E-state index is 0.718. The lowest BCUT2D eigenvalue weighted by atomic mass is 9.71. The van der Waals surface area contributed by atoms with E-state index in [4.69, 9.17) is 5.11 Å². The van der Waals surface area contributed by atoms with Gasteiger partial charge in [-0.25, -0.2) is 0 Å². The molecule has 0 heterocycles. The molecule has 1 N–H and O–H groups in total. The van der Waals surface area contributed by atoms with Gasteiger partial charge in [-0.2, -0.15) is 0 Å². The summed E-state index contributed by atoms with van der Waals surface area (Å²) in [5, 5.41) is 8.31. The number of hydrogen-bond acceptors (Lipinski definition) is 1. The molecule has 1 aromatic rings. The van der Waals surface area contributed by atoms with E-state index in [9.17, 15) is 4.79 Å². The maximum atomic E-state index is 10.1.